The van der Waals surface area contributed by atoms with Gasteiger partial charge in [-0.25, -0.2) is 0 Å². The Morgan fingerprint density at radius 1 is 1.14 bits per heavy atom. The maximum atomic E-state index is 3.48. The normalized spacial score (nSPS) is 34.2. The van der Waals surface area contributed by atoms with Gasteiger partial charge in [0.15, 0.2) is 0 Å². The van der Waals surface area contributed by atoms with E-state index < -0.39 is 0 Å². The first-order valence-corrected chi connectivity index (χ1v) is 5.66. The summed E-state index contributed by atoms with van der Waals surface area (Å²) in [5.41, 5.74) is 3.25. The first kappa shape index (κ1) is 8.49. The van der Waals surface area contributed by atoms with Crippen LogP contribution in [0, 0.1) is 0 Å². The zero-order valence-electron chi connectivity index (χ0n) is 8.66. The van der Waals surface area contributed by atoms with Crippen LogP contribution in [0.1, 0.15) is 42.2 Å². The summed E-state index contributed by atoms with van der Waals surface area (Å²) in [6, 6.07) is 9.76. The Morgan fingerprint density at radius 3 is 2.71 bits per heavy atom. The Balaban J connectivity index is 2.08. The zero-order chi connectivity index (χ0) is 9.54. The van der Waals surface area contributed by atoms with E-state index in [1.54, 1.807) is 11.1 Å². The number of hydrogen-bond acceptors (Lipinski definition) is 1. The van der Waals surface area contributed by atoms with Crippen molar-refractivity contribution in [2.45, 2.75) is 37.1 Å². The lowest BCUT2D eigenvalue weighted by Crippen LogP contribution is -2.41. The van der Waals surface area contributed by atoms with Crippen LogP contribution >= 0.6 is 0 Å². The third-order valence-electron chi connectivity index (χ3n) is 4.06. The maximum Gasteiger partial charge on any atom is 0.0139 e. The lowest BCUT2D eigenvalue weighted by Gasteiger charge is -2.44. The monoisotopic (exact) mass is 187 g/mol. The van der Waals surface area contributed by atoms with Gasteiger partial charge in [0, 0.05) is 6.04 Å². The van der Waals surface area contributed by atoms with Crippen LogP contribution in [-0.2, 0) is 0 Å². The summed E-state index contributed by atoms with van der Waals surface area (Å²) >= 11 is 0. The fourth-order valence-electron chi connectivity index (χ4n) is 3.36. The number of benzene rings is 1. The Bertz CT molecular complexity index is 345. The van der Waals surface area contributed by atoms with Crippen LogP contribution in [0.15, 0.2) is 24.3 Å². The van der Waals surface area contributed by atoms with Gasteiger partial charge in [-0.2, -0.15) is 0 Å². The molecule has 3 aliphatic rings. The molecule has 1 nitrogen and oxygen atoms in total. The average molecular weight is 187 g/mol. The topological polar surface area (TPSA) is 12.0 Å². The Morgan fingerprint density at radius 2 is 1.93 bits per heavy atom. The summed E-state index contributed by atoms with van der Waals surface area (Å²) in [7, 11) is 2.11. The van der Waals surface area contributed by atoms with E-state index in [0.717, 1.165) is 17.9 Å². The zero-order valence-corrected chi connectivity index (χ0v) is 8.66. The molecule has 0 aromatic heterocycles. The smallest absolute Gasteiger partial charge is 0.0139 e. The third kappa shape index (κ3) is 1.05. The van der Waals surface area contributed by atoms with E-state index in [1.165, 1.54) is 19.3 Å². The second kappa shape index (κ2) is 3.09. The molecule has 0 radical (unpaired) electrons. The van der Waals surface area contributed by atoms with Gasteiger partial charge in [0.1, 0.15) is 0 Å². The molecule has 0 spiro atoms. The molecule has 14 heavy (non-hydrogen) atoms. The molecular formula is C13H17N. The van der Waals surface area contributed by atoms with Gasteiger partial charge < -0.3 is 5.32 Å². The van der Waals surface area contributed by atoms with E-state index in [-0.39, 0.29) is 0 Å². The highest BCUT2D eigenvalue weighted by Crippen LogP contribution is 2.48. The van der Waals surface area contributed by atoms with Crippen molar-refractivity contribution in [1.29, 1.82) is 0 Å². The standard InChI is InChI=1S/C13H17N/c1-14-13-8-9-6-7-12(13)11-5-3-2-4-10(9)11/h2-5,9,12-14H,6-8H2,1H3/t9?,12-,13+/m1/s1. The number of likely N-dealkylation sites (N-methyl/N-ethyl adjacent to an activating group) is 1. The van der Waals surface area contributed by atoms with Crippen LogP contribution in [0.2, 0.25) is 0 Å². The Hall–Kier alpha value is -0.820. The van der Waals surface area contributed by atoms with Crippen LogP contribution in [0.3, 0.4) is 0 Å². The molecule has 2 bridgehead atoms. The first-order chi connectivity index (χ1) is 6.90. The van der Waals surface area contributed by atoms with Gasteiger partial charge in [0.2, 0.25) is 0 Å². The van der Waals surface area contributed by atoms with Gasteiger partial charge in [-0.15, -0.1) is 0 Å². The average Bonchev–Trinajstić information content (AvgIpc) is 2.30. The summed E-state index contributed by atoms with van der Waals surface area (Å²) in [4.78, 5) is 0. The minimum absolute atomic E-state index is 0.726. The van der Waals surface area contributed by atoms with Crippen molar-refractivity contribution in [3.63, 3.8) is 0 Å². The third-order valence-corrected chi connectivity index (χ3v) is 4.06. The molecule has 3 aliphatic carbocycles. The van der Waals surface area contributed by atoms with Crippen molar-refractivity contribution in [3.8, 4) is 0 Å². The molecule has 1 aromatic carbocycles. The van der Waals surface area contributed by atoms with Gasteiger partial charge in [-0.1, -0.05) is 24.3 Å². The number of hydrogen-bond donors (Lipinski definition) is 1. The van der Waals surface area contributed by atoms with Gasteiger partial charge in [0.05, 0.1) is 0 Å². The fraction of sp³-hybridized carbons (Fsp3) is 0.538. The highest BCUT2D eigenvalue weighted by atomic mass is 14.9. The number of rotatable bonds is 1. The molecule has 1 saturated carbocycles. The molecule has 0 saturated heterocycles. The van der Waals surface area contributed by atoms with E-state index in [0.29, 0.717) is 0 Å². The van der Waals surface area contributed by atoms with Crippen LogP contribution in [-0.4, -0.2) is 13.1 Å². The van der Waals surface area contributed by atoms with E-state index in [4.69, 9.17) is 0 Å². The van der Waals surface area contributed by atoms with E-state index in [1.807, 2.05) is 0 Å². The summed E-state index contributed by atoms with van der Waals surface area (Å²) in [5, 5.41) is 3.48. The van der Waals surface area contributed by atoms with Crippen LogP contribution in [0.5, 0.6) is 0 Å². The van der Waals surface area contributed by atoms with E-state index >= 15 is 0 Å². The molecule has 0 aliphatic heterocycles. The molecule has 0 heterocycles. The largest absolute Gasteiger partial charge is 0.316 e. The minimum atomic E-state index is 0.726. The summed E-state index contributed by atoms with van der Waals surface area (Å²) in [5.74, 6) is 1.61. The highest BCUT2D eigenvalue weighted by Gasteiger charge is 2.38. The first-order valence-electron chi connectivity index (χ1n) is 5.66. The molecule has 1 unspecified atom stereocenters. The molecule has 74 valence electrons. The summed E-state index contributed by atoms with van der Waals surface area (Å²) in [6.07, 6.45) is 4.13. The van der Waals surface area contributed by atoms with E-state index in [9.17, 15) is 0 Å². The van der Waals surface area contributed by atoms with Crippen molar-refractivity contribution >= 4 is 0 Å². The van der Waals surface area contributed by atoms with Crippen LogP contribution < -0.4 is 5.32 Å². The van der Waals surface area contributed by atoms with E-state index in [2.05, 4.69) is 36.6 Å². The van der Waals surface area contributed by atoms with Gasteiger partial charge in [0.25, 0.3) is 0 Å². The van der Waals surface area contributed by atoms with Crippen LogP contribution in [0.25, 0.3) is 0 Å². The molecule has 1 N–H and O–H groups in total. The van der Waals surface area contributed by atoms with Gasteiger partial charge >= 0.3 is 0 Å². The molecule has 1 heteroatoms. The number of nitrogens with one attached hydrogen (secondary N) is 1. The predicted molar refractivity (Wildman–Crippen MR) is 58.6 cm³/mol. The van der Waals surface area contributed by atoms with Crippen molar-refractivity contribution in [2.24, 2.45) is 0 Å². The van der Waals surface area contributed by atoms with Crippen molar-refractivity contribution in [1.82, 2.24) is 5.32 Å². The predicted octanol–water partition coefficient (Wildman–Crippen LogP) is 2.64. The van der Waals surface area contributed by atoms with Gasteiger partial charge in [-0.05, 0) is 49.3 Å². The lowest BCUT2D eigenvalue weighted by atomic mass is 9.64. The van der Waals surface area contributed by atoms with Crippen LogP contribution in [0.4, 0.5) is 0 Å². The Labute approximate surface area is 85.5 Å². The highest BCUT2D eigenvalue weighted by molar-refractivity contribution is 5.39. The number of fused-ring (bicyclic) bond motifs is 2. The second-order valence-corrected chi connectivity index (χ2v) is 4.64. The lowest BCUT2D eigenvalue weighted by molar-refractivity contribution is 0.283. The minimum Gasteiger partial charge on any atom is -0.316 e. The Kier molecular flexibility index (Phi) is 1.88. The van der Waals surface area contributed by atoms with Gasteiger partial charge in [-0.3, -0.25) is 0 Å². The molecule has 1 aromatic rings. The molecule has 0 amide bonds. The second-order valence-electron chi connectivity index (χ2n) is 4.64. The summed E-state index contributed by atoms with van der Waals surface area (Å²) in [6.45, 7) is 0. The van der Waals surface area contributed by atoms with Crippen molar-refractivity contribution < 1.29 is 0 Å². The SMILES string of the molecule is CN[C@H]1CC2CC[C@@H]1c1ccccc12. The van der Waals surface area contributed by atoms with Crippen molar-refractivity contribution in [2.75, 3.05) is 7.05 Å². The molecular weight excluding hydrogens is 170 g/mol. The molecule has 1 fully saturated rings. The quantitative estimate of drug-likeness (QED) is 0.712. The molecule has 4 rings (SSSR count). The molecule has 3 atom stereocenters. The fourth-order valence-corrected chi connectivity index (χ4v) is 3.36. The summed E-state index contributed by atoms with van der Waals surface area (Å²) < 4.78 is 0. The van der Waals surface area contributed by atoms with Crippen molar-refractivity contribution in [3.05, 3.63) is 35.4 Å². The maximum absolute atomic E-state index is 3.48.